The molecule has 0 aromatic carbocycles. The molecule has 21 N–H and O–H groups in total. The molecule has 376 valence electrons. The van der Waals surface area contributed by atoms with E-state index in [0.717, 1.165) is 0 Å². The monoisotopic (exact) mass is 953 g/mol. The molecule has 0 aliphatic carbocycles. The van der Waals surface area contributed by atoms with Gasteiger partial charge < -0.3 is 86.2 Å². The van der Waals surface area contributed by atoms with Gasteiger partial charge in [0.2, 0.25) is 41.4 Å². The quantitative estimate of drug-likeness (QED) is 0.0187. The number of imidazole rings is 1. The fraction of sp³-hybridized carbons (Fsp3) is 0.641. The Morgan fingerprint density at radius 1 is 0.642 bits per heavy atom. The highest BCUT2D eigenvalue weighted by molar-refractivity contribution is 5.98. The smallest absolute Gasteiger partial charge is 0.326 e. The van der Waals surface area contributed by atoms with E-state index in [0.29, 0.717) is 5.69 Å². The number of carbonyl (C=O) groups is 9. The van der Waals surface area contributed by atoms with Gasteiger partial charge in [-0.15, -0.1) is 0 Å². The number of aliphatic hydroxyl groups excluding tert-OH is 1. The minimum atomic E-state index is -1.83. The lowest BCUT2D eigenvalue weighted by atomic mass is 9.99. The number of aliphatic hydroxyl groups is 1. The number of aliphatic carboxylic acids is 2. The molecule has 0 unspecified atom stereocenters. The number of carboxylic acids is 2. The molecule has 1 heterocycles. The number of carbonyl (C=O) groups excluding carboxylic acids is 7. The maximum Gasteiger partial charge on any atom is 0.326 e. The van der Waals surface area contributed by atoms with Crippen molar-refractivity contribution in [2.75, 3.05) is 19.7 Å². The molecule has 0 aliphatic rings. The van der Waals surface area contributed by atoms with Crippen LogP contribution in [0, 0.1) is 11.8 Å². The van der Waals surface area contributed by atoms with Gasteiger partial charge in [0, 0.05) is 31.4 Å². The maximum absolute atomic E-state index is 13.9. The summed E-state index contributed by atoms with van der Waals surface area (Å²) in [5.41, 5.74) is 27.2. The number of nitrogens with two attached hydrogens (primary N) is 5. The predicted octanol–water partition coefficient (Wildman–Crippen LogP) is -5.95. The summed E-state index contributed by atoms with van der Waals surface area (Å²) in [7, 11) is 0. The van der Waals surface area contributed by atoms with E-state index >= 15 is 0 Å². The molecule has 0 saturated carbocycles. The third-order valence-electron chi connectivity index (χ3n) is 9.63. The van der Waals surface area contributed by atoms with Crippen molar-refractivity contribution < 1.29 is 58.5 Å². The van der Waals surface area contributed by atoms with Crippen molar-refractivity contribution >= 4 is 65.2 Å². The number of amides is 7. The van der Waals surface area contributed by atoms with Gasteiger partial charge in [-0.1, -0.05) is 27.7 Å². The maximum atomic E-state index is 13.9. The van der Waals surface area contributed by atoms with Crippen LogP contribution in [-0.2, 0) is 49.6 Å². The number of aromatic amines is 1. The number of aromatic nitrogens is 2. The molecule has 0 radical (unpaired) electrons. The zero-order valence-electron chi connectivity index (χ0n) is 38.2. The number of nitrogens with one attached hydrogen (secondary N) is 8. The first-order valence-corrected chi connectivity index (χ1v) is 21.4. The average Bonchev–Trinajstić information content (AvgIpc) is 3.75. The number of guanidine groups is 2. The second-order valence-electron chi connectivity index (χ2n) is 16.3. The summed E-state index contributed by atoms with van der Waals surface area (Å²) >= 11 is 0. The summed E-state index contributed by atoms with van der Waals surface area (Å²) in [6.07, 6.45) is 1.65. The van der Waals surface area contributed by atoms with Crippen LogP contribution in [0.5, 0.6) is 0 Å². The van der Waals surface area contributed by atoms with E-state index in [2.05, 4.69) is 57.2 Å². The van der Waals surface area contributed by atoms with Crippen LogP contribution in [0.3, 0.4) is 0 Å². The summed E-state index contributed by atoms with van der Waals surface area (Å²) in [6.45, 7) is 7.35. The van der Waals surface area contributed by atoms with E-state index < -0.39 is 121 Å². The SMILES string of the molecule is CC(C)C[C@H](NC(=O)[C@H](CC(=O)O)NC(=O)[C@H](Cc1cnc[nH]1)NC(=O)[C@H](C)NC(=O)[C@H](CCCN=C(N)N)NC(=O)[C@@H](N)CO)C(=O)N[C@H](C(=O)N[C@@H](CCCN=C(N)N)C(=O)O)C(C)C. The molecule has 0 bridgehead atoms. The summed E-state index contributed by atoms with van der Waals surface area (Å²) in [5.74, 6) is -10.6. The van der Waals surface area contributed by atoms with Crippen molar-refractivity contribution in [3.05, 3.63) is 18.2 Å². The van der Waals surface area contributed by atoms with Crippen molar-refractivity contribution in [1.82, 2.24) is 47.2 Å². The van der Waals surface area contributed by atoms with Crippen LogP contribution in [-0.4, -0.2) is 159 Å². The molecule has 28 heteroatoms. The zero-order chi connectivity index (χ0) is 51.0. The standard InChI is InChI=1S/C39H68N16O12/c1-18(2)12-25(35(64)55-29(19(3)4)36(65)51-24(37(66)67)9-7-11-47-39(43)44)53-34(63)27(14-28(57)58)54-33(62)26(13-21-15-45-17-48-21)52-30(59)20(5)49-32(61)23(8-6-10-46-38(41)42)50-31(60)22(40)16-56/h15,17-20,22-27,29,56H,6-14,16,40H2,1-5H3,(H,45,48)(H,49,61)(H,50,60)(H,51,65)(H,52,59)(H,53,63)(H,54,62)(H,55,64)(H,57,58)(H,66,67)(H4,41,42,46)(H4,43,44,47)/t20-,22-,23-,24-,25-,26-,27-,29-/m0/s1. The van der Waals surface area contributed by atoms with Crippen molar-refractivity contribution in [1.29, 1.82) is 0 Å². The molecule has 1 aromatic heterocycles. The Balaban J connectivity index is 3.32. The van der Waals surface area contributed by atoms with Crippen LogP contribution in [0.1, 0.15) is 78.8 Å². The van der Waals surface area contributed by atoms with E-state index in [1.807, 2.05) is 0 Å². The van der Waals surface area contributed by atoms with Gasteiger partial charge in [0.1, 0.15) is 48.3 Å². The second kappa shape index (κ2) is 29.4. The largest absolute Gasteiger partial charge is 0.481 e. The molecule has 0 saturated heterocycles. The Hall–Kier alpha value is -7.10. The molecule has 8 atom stereocenters. The van der Waals surface area contributed by atoms with E-state index in [1.165, 1.54) is 19.4 Å². The molecule has 1 rings (SSSR count). The lowest BCUT2D eigenvalue weighted by molar-refractivity contribution is -0.143. The highest BCUT2D eigenvalue weighted by Gasteiger charge is 2.35. The highest BCUT2D eigenvalue weighted by atomic mass is 16.4. The molecular formula is C39H68N16O12. The van der Waals surface area contributed by atoms with Crippen LogP contribution < -0.4 is 65.9 Å². The molecule has 28 nitrogen and oxygen atoms in total. The van der Waals surface area contributed by atoms with Gasteiger partial charge in [-0.3, -0.25) is 48.3 Å². The van der Waals surface area contributed by atoms with E-state index in [4.69, 9.17) is 28.7 Å². The van der Waals surface area contributed by atoms with Gasteiger partial charge in [0.25, 0.3) is 0 Å². The van der Waals surface area contributed by atoms with Crippen molar-refractivity contribution in [2.45, 2.75) is 128 Å². The third-order valence-corrected chi connectivity index (χ3v) is 9.63. The Labute approximate surface area is 386 Å². The summed E-state index contributed by atoms with van der Waals surface area (Å²) < 4.78 is 0. The fourth-order valence-electron chi connectivity index (χ4n) is 6.08. The predicted molar refractivity (Wildman–Crippen MR) is 241 cm³/mol. The summed E-state index contributed by atoms with van der Waals surface area (Å²) in [5, 5.41) is 45.8. The van der Waals surface area contributed by atoms with Crippen LogP contribution >= 0.6 is 0 Å². The average molecular weight is 953 g/mol. The van der Waals surface area contributed by atoms with Gasteiger partial charge >= 0.3 is 11.9 Å². The fourth-order valence-corrected chi connectivity index (χ4v) is 6.08. The first-order chi connectivity index (χ1) is 31.4. The molecule has 7 amide bonds. The summed E-state index contributed by atoms with van der Waals surface area (Å²) in [6, 6.07) is -11.4. The Kier molecular flexibility index (Phi) is 25.4. The Morgan fingerprint density at radius 3 is 1.63 bits per heavy atom. The Morgan fingerprint density at radius 2 is 1.13 bits per heavy atom. The second-order valence-corrected chi connectivity index (χ2v) is 16.3. The number of nitrogens with zero attached hydrogens (tertiary/aromatic N) is 3. The number of hydrogen-bond donors (Lipinski definition) is 16. The van der Waals surface area contributed by atoms with E-state index in [-0.39, 0.29) is 69.5 Å². The minimum absolute atomic E-state index is 0.0249. The molecule has 0 fully saturated rings. The lowest BCUT2D eigenvalue weighted by Crippen LogP contribution is -2.61. The van der Waals surface area contributed by atoms with Gasteiger partial charge in [0.15, 0.2) is 11.9 Å². The van der Waals surface area contributed by atoms with Crippen molar-refractivity contribution in [3.8, 4) is 0 Å². The number of rotatable bonds is 31. The third kappa shape index (κ3) is 22.6. The van der Waals surface area contributed by atoms with E-state index in [1.54, 1.807) is 27.7 Å². The van der Waals surface area contributed by atoms with E-state index in [9.17, 15) is 58.5 Å². The van der Waals surface area contributed by atoms with Crippen LogP contribution in [0.15, 0.2) is 22.5 Å². The normalized spacial score (nSPS) is 14.6. The molecule has 0 aliphatic heterocycles. The van der Waals surface area contributed by atoms with Crippen LogP contribution in [0.2, 0.25) is 0 Å². The zero-order valence-corrected chi connectivity index (χ0v) is 38.2. The number of H-pyrrole nitrogens is 1. The number of hydrogen-bond acceptors (Lipinski definition) is 14. The lowest BCUT2D eigenvalue weighted by Gasteiger charge is -2.28. The summed E-state index contributed by atoms with van der Waals surface area (Å²) in [4.78, 5) is 132. The van der Waals surface area contributed by atoms with Gasteiger partial charge in [-0.2, -0.15) is 0 Å². The number of carboxylic acid groups (broad SMARTS) is 2. The van der Waals surface area contributed by atoms with Gasteiger partial charge in [0.05, 0.1) is 19.4 Å². The van der Waals surface area contributed by atoms with Crippen molar-refractivity contribution in [3.63, 3.8) is 0 Å². The van der Waals surface area contributed by atoms with Gasteiger partial charge in [-0.05, 0) is 50.9 Å². The molecular weight excluding hydrogens is 885 g/mol. The Bertz CT molecular complexity index is 1890. The number of aliphatic imine (C=N–C) groups is 2. The van der Waals surface area contributed by atoms with Crippen molar-refractivity contribution in [2.24, 2.45) is 50.5 Å². The minimum Gasteiger partial charge on any atom is -0.481 e. The molecule has 67 heavy (non-hydrogen) atoms. The topological polar surface area (TPSA) is 482 Å². The van der Waals surface area contributed by atoms with Gasteiger partial charge in [-0.25, -0.2) is 9.78 Å². The molecule has 0 spiro atoms. The highest BCUT2D eigenvalue weighted by Crippen LogP contribution is 2.11. The molecule has 1 aromatic rings. The van der Waals surface area contributed by atoms with Crippen LogP contribution in [0.25, 0.3) is 0 Å². The first kappa shape index (κ1) is 57.9. The van der Waals surface area contributed by atoms with Crippen LogP contribution in [0.4, 0.5) is 0 Å². The first-order valence-electron chi connectivity index (χ1n) is 21.4.